The Hall–Kier alpha value is -3.19. The van der Waals surface area contributed by atoms with E-state index in [4.69, 9.17) is 18.9 Å². The number of aryl methyl sites for hydroxylation is 1. The standard InChI is InChI=1S/C24H25NO5S/c1-15-8-9-21(31-15)24(26)25-10-11-30-23-17(14-25)12-16(13-20(23)29-4)22-18(27-2)6-5-7-19(22)28-3/h5-9,12-13H,10-11,14H2,1-4H3. The average Bonchev–Trinajstić information content (AvgIpc) is 3.11. The number of methoxy groups -OCH3 is 3. The smallest absolute Gasteiger partial charge is 0.264 e. The zero-order valence-corrected chi connectivity index (χ0v) is 18.9. The molecule has 3 aromatic rings. The lowest BCUT2D eigenvalue weighted by Crippen LogP contribution is -2.31. The average molecular weight is 440 g/mol. The number of ether oxygens (including phenoxy) is 4. The summed E-state index contributed by atoms with van der Waals surface area (Å²) >= 11 is 1.51. The predicted molar refractivity (Wildman–Crippen MR) is 121 cm³/mol. The number of amides is 1. The Morgan fingerprint density at radius 2 is 1.71 bits per heavy atom. The first-order chi connectivity index (χ1) is 15.0. The molecule has 6 nitrogen and oxygen atoms in total. The van der Waals surface area contributed by atoms with Crippen LogP contribution in [0.3, 0.4) is 0 Å². The van der Waals surface area contributed by atoms with Crippen LogP contribution in [-0.2, 0) is 6.54 Å². The van der Waals surface area contributed by atoms with Gasteiger partial charge in [0, 0.05) is 17.0 Å². The molecule has 2 heterocycles. The molecular weight excluding hydrogens is 414 g/mol. The van der Waals surface area contributed by atoms with Crippen LogP contribution in [0.1, 0.15) is 20.1 Å². The van der Waals surface area contributed by atoms with E-state index < -0.39 is 0 Å². The Morgan fingerprint density at radius 1 is 1.00 bits per heavy atom. The van der Waals surface area contributed by atoms with Gasteiger partial charge in [-0.3, -0.25) is 4.79 Å². The van der Waals surface area contributed by atoms with Crippen LogP contribution in [0.15, 0.2) is 42.5 Å². The highest BCUT2D eigenvalue weighted by Crippen LogP contribution is 2.44. The van der Waals surface area contributed by atoms with Crippen LogP contribution in [0.5, 0.6) is 23.0 Å². The summed E-state index contributed by atoms with van der Waals surface area (Å²) in [5.74, 6) is 2.67. The molecule has 0 saturated carbocycles. The van der Waals surface area contributed by atoms with E-state index in [1.54, 1.807) is 21.3 Å². The molecule has 7 heteroatoms. The van der Waals surface area contributed by atoms with Crippen molar-refractivity contribution < 1.29 is 23.7 Å². The predicted octanol–water partition coefficient (Wildman–Crippen LogP) is 4.78. The topological polar surface area (TPSA) is 57.2 Å². The first kappa shape index (κ1) is 21.1. The lowest BCUT2D eigenvalue weighted by molar-refractivity contribution is 0.0738. The van der Waals surface area contributed by atoms with Crippen molar-refractivity contribution in [1.82, 2.24) is 4.90 Å². The van der Waals surface area contributed by atoms with Crippen LogP contribution in [0, 0.1) is 6.92 Å². The lowest BCUT2D eigenvalue weighted by Gasteiger charge is -2.20. The van der Waals surface area contributed by atoms with E-state index >= 15 is 0 Å². The van der Waals surface area contributed by atoms with E-state index in [1.807, 2.05) is 54.3 Å². The normalized spacial score (nSPS) is 13.1. The van der Waals surface area contributed by atoms with E-state index in [0.717, 1.165) is 26.4 Å². The monoisotopic (exact) mass is 439 g/mol. The summed E-state index contributed by atoms with van der Waals surface area (Å²) in [7, 11) is 4.88. The largest absolute Gasteiger partial charge is 0.496 e. The molecule has 2 aromatic carbocycles. The fourth-order valence-corrected chi connectivity index (χ4v) is 4.63. The first-order valence-electron chi connectivity index (χ1n) is 9.96. The van der Waals surface area contributed by atoms with Crippen molar-refractivity contribution in [2.24, 2.45) is 0 Å². The van der Waals surface area contributed by atoms with Gasteiger partial charge in [-0.25, -0.2) is 0 Å². The molecule has 31 heavy (non-hydrogen) atoms. The van der Waals surface area contributed by atoms with E-state index in [-0.39, 0.29) is 5.91 Å². The molecule has 0 saturated heterocycles. The fourth-order valence-electron chi connectivity index (χ4n) is 3.79. The van der Waals surface area contributed by atoms with E-state index in [2.05, 4.69) is 0 Å². The van der Waals surface area contributed by atoms with E-state index in [9.17, 15) is 4.79 Å². The highest BCUT2D eigenvalue weighted by atomic mass is 32.1. The van der Waals surface area contributed by atoms with Gasteiger partial charge in [0.05, 0.1) is 38.3 Å². The number of nitrogens with zero attached hydrogens (tertiary/aromatic N) is 1. The number of carbonyl (C=O) groups excluding carboxylic acids is 1. The summed E-state index contributed by atoms with van der Waals surface area (Å²) in [6, 6.07) is 13.4. The van der Waals surface area contributed by atoms with Gasteiger partial charge in [-0.1, -0.05) is 6.07 Å². The van der Waals surface area contributed by atoms with Crippen molar-refractivity contribution in [3.63, 3.8) is 0 Å². The molecule has 0 atom stereocenters. The highest BCUT2D eigenvalue weighted by Gasteiger charge is 2.26. The van der Waals surface area contributed by atoms with Gasteiger partial charge in [0.15, 0.2) is 11.5 Å². The van der Waals surface area contributed by atoms with Crippen molar-refractivity contribution in [1.29, 1.82) is 0 Å². The molecule has 0 N–H and O–H groups in total. The maximum absolute atomic E-state index is 13.1. The molecule has 1 amide bonds. The fraction of sp³-hybridized carbons (Fsp3) is 0.292. The maximum atomic E-state index is 13.1. The second kappa shape index (κ2) is 8.89. The molecule has 0 spiro atoms. The van der Waals surface area contributed by atoms with Crippen LogP contribution in [0.4, 0.5) is 0 Å². The number of fused-ring (bicyclic) bond motifs is 1. The van der Waals surface area contributed by atoms with Gasteiger partial charge in [0.1, 0.15) is 18.1 Å². The third-order valence-electron chi connectivity index (χ3n) is 5.28. The van der Waals surface area contributed by atoms with Crippen molar-refractivity contribution in [3.8, 4) is 34.1 Å². The van der Waals surface area contributed by atoms with E-state index in [1.165, 1.54) is 11.3 Å². The van der Waals surface area contributed by atoms with Gasteiger partial charge in [0.25, 0.3) is 5.91 Å². The molecule has 0 aliphatic carbocycles. The van der Waals surface area contributed by atoms with Gasteiger partial charge < -0.3 is 23.8 Å². The number of thiophene rings is 1. The van der Waals surface area contributed by atoms with Crippen molar-refractivity contribution in [2.45, 2.75) is 13.5 Å². The Morgan fingerprint density at radius 3 is 2.32 bits per heavy atom. The third kappa shape index (κ3) is 4.05. The van der Waals surface area contributed by atoms with Gasteiger partial charge in [-0.05, 0) is 48.9 Å². The minimum absolute atomic E-state index is 0.00814. The molecule has 1 aliphatic heterocycles. The van der Waals surface area contributed by atoms with Crippen molar-refractivity contribution in [2.75, 3.05) is 34.5 Å². The molecule has 4 rings (SSSR count). The molecule has 162 valence electrons. The molecule has 0 fully saturated rings. The highest BCUT2D eigenvalue weighted by molar-refractivity contribution is 7.13. The van der Waals surface area contributed by atoms with Crippen LogP contribution in [-0.4, -0.2) is 45.3 Å². The molecular formula is C24H25NO5S. The molecule has 0 unspecified atom stereocenters. The maximum Gasteiger partial charge on any atom is 0.264 e. The number of benzene rings is 2. The van der Waals surface area contributed by atoms with Crippen LogP contribution < -0.4 is 18.9 Å². The number of rotatable bonds is 5. The summed E-state index contributed by atoms with van der Waals surface area (Å²) in [6.07, 6.45) is 0. The number of carbonyl (C=O) groups is 1. The van der Waals surface area contributed by atoms with Crippen molar-refractivity contribution in [3.05, 3.63) is 57.8 Å². The van der Waals surface area contributed by atoms with E-state index in [0.29, 0.717) is 42.7 Å². The summed E-state index contributed by atoms with van der Waals surface area (Å²) in [5, 5.41) is 0. The number of hydrogen-bond donors (Lipinski definition) is 0. The van der Waals surface area contributed by atoms with Crippen LogP contribution >= 0.6 is 11.3 Å². The second-order valence-electron chi connectivity index (χ2n) is 7.19. The quantitative estimate of drug-likeness (QED) is 0.572. The lowest BCUT2D eigenvalue weighted by atomic mass is 9.99. The summed E-state index contributed by atoms with van der Waals surface area (Å²) in [4.78, 5) is 16.8. The number of hydrogen-bond acceptors (Lipinski definition) is 6. The zero-order chi connectivity index (χ0) is 22.0. The minimum atomic E-state index is 0.00814. The second-order valence-corrected chi connectivity index (χ2v) is 8.48. The summed E-state index contributed by atoms with van der Waals surface area (Å²) in [5.41, 5.74) is 2.57. The Balaban J connectivity index is 1.79. The van der Waals surface area contributed by atoms with Crippen molar-refractivity contribution >= 4 is 17.2 Å². The Bertz CT molecular complexity index is 1090. The third-order valence-corrected chi connectivity index (χ3v) is 6.26. The molecule has 0 radical (unpaired) electrons. The summed E-state index contributed by atoms with van der Waals surface area (Å²) in [6.45, 7) is 3.32. The summed E-state index contributed by atoms with van der Waals surface area (Å²) < 4.78 is 22.8. The Labute approximate surface area is 185 Å². The van der Waals surface area contributed by atoms with Crippen LogP contribution in [0.25, 0.3) is 11.1 Å². The SMILES string of the molecule is COc1cc(-c2c(OC)cccc2OC)cc2c1OCCN(C(=O)c1ccc(C)s1)C2. The minimum Gasteiger partial charge on any atom is -0.496 e. The van der Waals surface area contributed by atoms with Gasteiger partial charge >= 0.3 is 0 Å². The van der Waals surface area contributed by atoms with Gasteiger partial charge in [-0.15, -0.1) is 11.3 Å². The first-order valence-corrected chi connectivity index (χ1v) is 10.8. The van der Waals surface area contributed by atoms with Crippen LogP contribution in [0.2, 0.25) is 0 Å². The molecule has 0 bridgehead atoms. The zero-order valence-electron chi connectivity index (χ0n) is 18.1. The molecule has 1 aliphatic rings. The van der Waals surface area contributed by atoms with Gasteiger partial charge in [0.2, 0.25) is 0 Å². The molecule has 1 aromatic heterocycles. The Kier molecular flexibility index (Phi) is 6.04. The van der Waals surface area contributed by atoms with Gasteiger partial charge in [-0.2, -0.15) is 0 Å².